The van der Waals surface area contributed by atoms with E-state index in [0.29, 0.717) is 45.2 Å². The van der Waals surface area contributed by atoms with Crippen molar-refractivity contribution in [3.8, 4) is 0 Å². The molecule has 0 rings (SSSR count). The van der Waals surface area contributed by atoms with Gasteiger partial charge >= 0.3 is 5.97 Å². The molecule has 0 amide bonds. The van der Waals surface area contributed by atoms with Crippen LogP contribution in [0.3, 0.4) is 0 Å². The zero-order chi connectivity index (χ0) is 15.1. The van der Waals surface area contributed by atoms with Crippen LogP contribution in [0, 0.1) is 5.92 Å². The minimum atomic E-state index is -0.144. The molecule has 0 aliphatic carbocycles. The highest BCUT2D eigenvalue weighted by Gasteiger charge is 2.05. The molecule has 0 aliphatic rings. The van der Waals surface area contributed by atoms with E-state index in [2.05, 4.69) is 13.8 Å². The summed E-state index contributed by atoms with van der Waals surface area (Å²) in [6, 6.07) is 0. The van der Waals surface area contributed by atoms with Gasteiger partial charge < -0.3 is 14.2 Å². The first-order valence-electron chi connectivity index (χ1n) is 8.05. The summed E-state index contributed by atoms with van der Waals surface area (Å²) in [5.41, 5.74) is 0. The maximum atomic E-state index is 11.1. The third-order valence-corrected chi connectivity index (χ3v) is 3.24. The minimum absolute atomic E-state index is 0.144. The van der Waals surface area contributed by atoms with Crippen LogP contribution in [0.2, 0.25) is 0 Å². The van der Waals surface area contributed by atoms with Crippen LogP contribution in [0.25, 0.3) is 0 Å². The van der Waals surface area contributed by atoms with Crippen LogP contribution in [0.4, 0.5) is 0 Å². The highest BCUT2D eigenvalue weighted by atomic mass is 16.5. The summed E-state index contributed by atoms with van der Waals surface area (Å²) < 4.78 is 15.9. The summed E-state index contributed by atoms with van der Waals surface area (Å²) in [6.07, 6.45) is 6.12. The molecule has 0 aromatic carbocycles. The Bertz CT molecular complexity index is 219. The summed E-state index contributed by atoms with van der Waals surface area (Å²) >= 11 is 0. The Morgan fingerprint density at radius 3 is 2.40 bits per heavy atom. The summed E-state index contributed by atoms with van der Waals surface area (Å²) in [4.78, 5) is 11.1. The smallest absolute Gasteiger partial charge is 0.305 e. The topological polar surface area (TPSA) is 44.8 Å². The number of carbonyl (C=O) groups is 1. The van der Waals surface area contributed by atoms with Gasteiger partial charge in [0.15, 0.2) is 0 Å². The van der Waals surface area contributed by atoms with Gasteiger partial charge in [-0.1, -0.05) is 33.1 Å². The molecule has 20 heavy (non-hydrogen) atoms. The number of rotatable bonds is 14. The van der Waals surface area contributed by atoms with Crippen LogP contribution in [-0.2, 0) is 19.0 Å². The first-order valence-corrected chi connectivity index (χ1v) is 8.05. The van der Waals surface area contributed by atoms with Gasteiger partial charge in [0.05, 0.1) is 19.8 Å². The van der Waals surface area contributed by atoms with Crippen LogP contribution in [0.15, 0.2) is 0 Å². The second-order valence-corrected chi connectivity index (χ2v) is 5.01. The van der Waals surface area contributed by atoms with E-state index in [1.807, 2.05) is 6.92 Å². The van der Waals surface area contributed by atoms with E-state index in [9.17, 15) is 4.79 Å². The Morgan fingerprint density at radius 2 is 1.75 bits per heavy atom. The maximum absolute atomic E-state index is 11.1. The van der Waals surface area contributed by atoms with Crippen molar-refractivity contribution in [2.45, 2.75) is 59.3 Å². The van der Waals surface area contributed by atoms with Gasteiger partial charge in [0.1, 0.15) is 0 Å². The second kappa shape index (κ2) is 14.8. The van der Waals surface area contributed by atoms with Crippen molar-refractivity contribution in [2.24, 2.45) is 5.92 Å². The molecule has 1 atom stereocenters. The van der Waals surface area contributed by atoms with Gasteiger partial charge in [-0.2, -0.15) is 0 Å². The summed E-state index contributed by atoms with van der Waals surface area (Å²) in [7, 11) is 0. The largest absolute Gasteiger partial charge is 0.466 e. The first kappa shape index (κ1) is 19.4. The van der Waals surface area contributed by atoms with Crippen LogP contribution in [0.1, 0.15) is 59.3 Å². The molecule has 0 aromatic heterocycles. The highest BCUT2D eigenvalue weighted by molar-refractivity contribution is 5.69. The molecule has 0 spiro atoms. The van der Waals surface area contributed by atoms with Gasteiger partial charge in [0.2, 0.25) is 0 Å². The maximum Gasteiger partial charge on any atom is 0.305 e. The van der Waals surface area contributed by atoms with Gasteiger partial charge in [0, 0.05) is 19.6 Å². The SMILES string of the molecule is CCCCC(CC)COCCOCCCC(=O)OCC. The monoisotopic (exact) mass is 288 g/mol. The molecule has 120 valence electrons. The lowest BCUT2D eigenvalue weighted by Crippen LogP contribution is -2.13. The van der Waals surface area contributed by atoms with Gasteiger partial charge in [-0.05, 0) is 25.7 Å². The summed E-state index contributed by atoms with van der Waals surface area (Å²) in [5.74, 6) is 0.535. The number of hydrogen-bond acceptors (Lipinski definition) is 4. The van der Waals surface area contributed by atoms with Gasteiger partial charge in [0.25, 0.3) is 0 Å². The predicted molar refractivity (Wildman–Crippen MR) is 80.8 cm³/mol. The van der Waals surface area contributed by atoms with Crippen molar-refractivity contribution in [1.29, 1.82) is 0 Å². The standard InChI is InChI=1S/C16H32O4/c1-4-7-9-15(5-2)14-19-13-12-18-11-8-10-16(17)20-6-3/h15H,4-14H2,1-3H3. The van der Waals surface area contributed by atoms with Gasteiger partial charge in [-0.15, -0.1) is 0 Å². The molecule has 1 unspecified atom stereocenters. The number of ether oxygens (including phenoxy) is 3. The first-order chi connectivity index (χ1) is 9.74. The predicted octanol–water partition coefficient (Wildman–Crippen LogP) is 3.58. The summed E-state index contributed by atoms with van der Waals surface area (Å²) in [5, 5.41) is 0. The van der Waals surface area contributed by atoms with E-state index in [1.54, 1.807) is 0 Å². The molecule has 0 N–H and O–H groups in total. The van der Waals surface area contributed by atoms with Crippen molar-refractivity contribution >= 4 is 5.97 Å². The molecular formula is C16H32O4. The fourth-order valence-electron chi connectivity index (χ4n) is 1.92. The van der Waals surface area contributed by atoms with E-state index in [4.69, 9.17) is 14.2 Å². The number of esters is 1. The third kappa shape index (κ3) is 12.4. The van der Waals surface area contributed by atoms with Crippen molar-refractivity contribution in [3.05, 3.63) is 0 Å². The zero-order valence-electron chi connectivity index (χ0n) is 13.5. The van der Waals surface area contributed by atoms with E-state index in [0.717, 1.165) is 6.61 Å². The van der Waals surface area contributed by atoms with Crippen LogP contribution in [-0.4, -0.2) is 39.0 Å². The van der Waals surface area contributed by atoms with E-state index < -0.39 is 0 Å². The Hall–Kier alpha value is -0.610. The number of carbonyl (C=O) groups excluding carboxylic acids is 1. The Labute approximate surface area is 124 Å². The van der Waals surface area contributed by atoms with Gasteiger partial charge in [-0.3, -0.25) is 4.79 Å². The minimum Gasteiger partial charge on any atom is -0.466 e. The molecule has 0 saturated carbocycles. The second-order valence-electron chi connectivity index (χ2n) is 5.01. The Morgan fingerprint density at radius 1 is 1.00 bits per heavy atom. The zero-order valence-corrected chi connectivity index (χ0v) is 13.5. The molecule has 0 radical (unpaired) electrons. The van der Waals surface area contributed by atoms with E-state index in [-0.39, 0.29) is 5.97 Å². The lowest BCUT2D eigenvalue weighted by molar-refractivity contribution is -0.143. The molecule has 4 nitrogen and oxygen atoms in total. The van der Waals surface area contributed by atoms with E-state index in [1.165, 1.54) is 25.7 Å². The lowest BCUT2D eigenvalue weighted by atomic mass is 10.0. The average Bonchev–Trinajstić information content (AvgIpc) is 2.45. The van der Waals surface area contributed by atoms with Crippen molar-refractivity contribution in [2.75, 3.05) is 33.0 Å². The lowest BCUT2D eigenvalue weighted by Gasteiger charge is -2.14. The Kier molecular flexibility index (Phi) is 14.3. The van der Waals surface area contributed by atoms with E-state index >= 15 is 0 Å². The molecular weight excluding hydrogens is 256 g/mol. The fraction of sp³-hybridized carbons (Fsp3) is 0.938. The van der Waals surface area contributed by atoms with Crippen LogP contribution in [0.5, 0.6) is 0 Å². The quantitative estimate of drug-likeness (QED) is 0.362. The molecule has 4 heteroatoms. The fourth-order valence-corrected chi connectivity index (χ4v) is 1.92. The highest BCUT2D eigenvalue weighted by Crippen LogP contribution is 2.12. The van der Waals surface area contributed by atoms with Crippen molar-refractivity contribution < 1.29 is 19.0 Å². The molecule has 0 saturated heterocycles. The molecule has 0 fully saturated rings. The third-order valence-electron chi connectivity index (χ3n) is 3.24. The van der Waals surface area contributed by atoms with Crippen LogP contribution >= 0.6 is 0 Å². The summed E-state index contributed by atoms with van der Waals surface area (Å²) in [6.45, 7) is 9.38. The molecule has 0 bridgehead atoms. The van der Waals surface area contributed by atoms with Crippen LogP contribution < -0.4 is 0 Å². The van der Waals surface area contributed by atoms with Gasteiger partial charge in [-0.25, -0.2) is 0 Å². The number of unbranched alkanes of at least 4 members (excludes halogenated alkanes) is 1. The molecule has 0 aliphatic heterocycles. The molecule has 0 aromatic rings. The number of hydrogen-bond donors (Lipinski definition) is 0. The average molecular weight is 288 g/mol. The Balaban J connectivity index is 3.28. The van der Waals surface area contributed by atoms with Crippen molar-refractivity contribution in [3.63, 3.8) is 0 Å². The normalized spacial score (nSPS) is 12.3. The van der Waals surface area contributed by atoms with Crippen molar-refractivity contribution in [1.82, 2.24) is 0 Å². The molecule has 0 heterocycles.